The summed E-state index contributed by atoms with van der Waals surface area (Å²) in [5.74, 6) is -0.0996. The van der Waals surface area contributed by atoms with Crippen molar-refractivity contribution in [2.75, 3.05) is 6.54 Å². The minimum absolute atomic E-state index is 0.0996. The molecule has 1 N–H and O–H groups in total. The van der Waals surface area contributed by atoms with Gasteiger partial charge < -0.3 is 5.32 Å². The first-order valence-electron chi connectivity index (χ1n) is 8.86. The maximum Gasteiger partial charge on any atom is 0.252 e. The zero-order valence-electron chi connectivity index (χ0n) is 15.0. The first-order valence-corrected chi connectivity index (χ1v) is 8.86. The zero-order chi connectivity index (χ0) is 18.6. The van der Waals surface area contributed by atoms with Crippen LogP contribution in [0.2, 0.25) is 0 Å². The minimum atomic E-state index is -0.0996. The standard InChI is InChI=1S/C20H20N6O/c1-25-19(8-11-22-25)18-14-16(15-6-2-3-7-17(15)24-18)20(27)21-9-4-12-26-13-5-10-23-26/h2-3,5-8,10-11,13-14H,4,9,12H2,1H3,(H,21,27). The van der Waals surface area contributed by atoms with Gasteiger partial charge in [-0.15, -0.1) is 0 Å². The van der Waals surface area contributed by atoms with Crippen LogP contribution in [0.1, 0.15) is 16.8 Å². The number of rotatable bonds is 6. The molecule has 0 spiro atoms. The number of amides is 1. The lowest BCUT2D eigenvalue weighted by molar-refractivity contribution is 0.0954. The van der Waals surface area contributed by atoms with Crippen LogP contribution in [-0.2, 0) is 13.6 Å². The second-order valence-electron chi connectivity index (χ2n) is 6.29. The summed E-state index contributed by atoms with van der Waals surface area (Å²) in [7, 11) is 1.86. The Morgan fingerprint density at radius 1 is 1.11 bits per heavy atom. The first kappa shape index (κ1) is 17.0. The lowest BCUT2D eigenvalue weighted by atomic mass is 10.1. The average molecular weight is 360 g/mol. The van der Waals surface area contributed by atoms with Crippen molar-refractivity contribution in [3.05, 3.63) is 66.6 Å². The molecule has 0 aliphatic heterocycles. The van der Waals surface area contributed by atoms with Crippen LogP contribution in [0.25, 0.3) is 22.3 Å². The van der Waals surface area contributed by atoms with E-state index in [1.54, 1.807) is 17.1 Å². The monoisotopic (exact) mass is 360 g/mol. The van der Waals surface area contributed by atoms with E-state index in [0.717, 1.165) is 35.3 Å². The highest BCUT2D eigenvalue weighted by Crippen LogP contribution is 2.24. The normalized spacial score (nSPS) is 11.0. The summed E-state index contributed by atoms with van der Waals surface area (Å²) in [5, 5.41) is 12.2. The summed E-state index contributed by atoms with van der Waals surface area (Å²) in [4.78, 5) is 17.5. The van der Waals surface area contributed by atoms with Crippen molar-refractivity contribution < 1.29 is 4.79 Å². The van der Waals surface area contributed by atoms with Gasteiger partial charge in [0.15, 0.2) is 0 Å². The number of benzene rings is 1. The predicted molar refractivity (Wildman–Crippen MR) is 103 cm³/mol. The van der Waals surface area contributed by atoms with Crippen LogP contribution in [0, 0.1) is 0 Å². The lowest BCUT2D eigenvalue weighted by Crippen LogP contribution is -2.25. The third-order valence-corrected chi connectivity index (χ3v) is 4.45. The molecule has 3 heterocycles. The molecule has 0 atom stereocenters. The highest BCUT2D eigenvalue weighted by molar-refractivity contribution is 6.07. The molecule has 0 radical (unpaired) electrons. The largest absolute Gasteiger partial charge is 0.352 e. The number of hydrogen-bond acceptors (Lipinski definition) is 4. The number of carbonyl (C=O) groups is 1. The molecular formula is C20H20N6O. The van der Waals surface area contributed by atoms with Crippen LogP contribution in [0.4, 0.5) is 0 Å². The first-order chi connectivity index (χ1) is 13.2. The van der Waals surface area contributed by atoms with Gasteiger partial charge >= 0.3 is 0 Å². The van der Waals surface area contributed by atoms with E-state index in [2.05, 4.69) is 15.5 Å². The molecule has 4 rings (SSSR count). The van der Waals surface area contributed by atoms with Crippen LogP contribution < -0.4 is 5.32 Å². The van der Waals surface area contributed by atoms with Gasteiger partial charge in [0.05, 0.1) is 22.5 Å². The Kier molecular flexibility index (Phi) is 4.65. The molecule has 0 saturated heterocycles. The van der Waals surface area contributed by atoms with Crippen LogP contribution in [0.3, 0.4) is 0 Å². The minimum Gasteiger partial charge on any atom is -0.352 e. The van der Waals surface area contributed by atoms with E-state index in [4.69, 9.17) is 4.98 Å². The van der Waals surface area contributed by atoms with Crippen LogP contribution >= 0.6 is 0 Å². The second kappa shape index (κ2) is 7.41. The smallest absolute Gasteiger partial charge is 0.252 e. The van der Waals surface area contributed by atoms with Crippen molar-refractivity contribution in [1.82, 2.24) is 29.9 Å². The number of fused-ring (bicyclic) bond motifs is 1. The highest BCUT2D eigenvalue weighted by Gasteiger charge is 2.15. The molecule has 7 heteroatoms. The van der Waals surface area contributed by atoms with Crippen molar-refractivity contribution in [2.24, 2.45) is 7.05 Å². The topological polar surface area (TPSA) is 77.6 Å². The van der Waals surface area contributed by atoms with Gasteiger partial charge in [0.2, 0.25) is 0 Å². The number of para-hydroxylation sites is 1. The molecule has 0 saturated carbocycles. The van der Waals surface area contributed by atoms with E-state index in [9.17, 15) is 4.79 Å². The number of aromatic nitrogens is 5. The van der Waals surface area contributed by atoms with Gasteiger partial charge in [0.25, 0.3) is 5.91 Å². The molecule has 0 unspecified atom stereocenters. The Bertz CT molecular complexity index is 1070. The van der Waals surface area contributed by atoms with E-state index >= 15 is 0 Å². The molecule has 7 nitrogen and oxygen atoms in total. The maximum absolute atomic E-state index is 12.8. The Morgan fingerprint density at radius 3 is 2.78 bits per heavy atom. The molecule has 0 bridgehead atoms. The average Bonchev–Trinajstić information content (AvgIpc) is 3.35. The molecular weight excluding hydrogens is 340 g/mol. The number of hydrogen-bond donors (Lipinski definition) is 1. The van der Waals surface area contributed by atoms with Crippen LogP contribution in [0.15, 0.2) is 61.1 Å². The van der Waals surface area contributed by atoms with Gasteiger partial charge in [-0.1, -0.05) is 18.2 Å². The quantitative estimate of drug-likeness (QED) is 0.536. The third-order valence-electron chi connectivity index (χ3n) is 4.45. The Morgan fingerprint density at radius 2 is 2.00 bits per heavy atom. The predicted octanol–water partition coefficient (Wildman–Crippen LogP) is 2.65. The molecule has 1 aromatic carbocycles. The van der Waals surface area contributed by atoms with Gasteiger partial charge in [0, 0.05) is 44.1 Å². The molecule has 136 valence electrons. The Labute approximate surface area is 156 Å². The SMILES string of the molecule is Cn1nccc1-c1cc(C(=O)NCCCn2cccn2)c2ccccc2n1. The van der Waals surface area contributed by atoms with Crippen molar-refractivity contribution >= 4 is 16.8 Å². The van der Waals surface area contributed by atoms with Gasteiger partial charge in [-0.2, -0.15) is 10.2 Å². The summed E-state index contributed by atoms with van der Waals surface area (Å²) in [6, 6.07) is 13.3. The number of nitrogens with one attached hydrogen (secondary N) is 1. The zero-order valence-corrected chi connectivity index (χ0v) is 15.0. The summed E-state index contributed by atoms with van der Waals surface area (Å²) in [5.41, 5.74) is 3.01. The molecule has 27 heavy (non-hydrogen) atoms. The molecule has 0 aliphatic rings. The number of carbonyl (C=O) groups excluding carboxylic acids is 1. The fourth-order valence-electron chi connectivity index (χ4n) is 3.09. The second-order valence-corrected chi connectivity index (χ2v) is 6.29. The van der Waals surface area contributed by atoms with Crippen molar-refractivity contribution in [3.63, 3.8) is 0 Å². The third kappa shape index (κ3) is 3.57. The van der Waals surface area contributed by atoms with E-state index in [-0.39, 0.29) is 5.91 Å². The van der Waals surface area contributed by atoms with E-state index < -0.39 is 0 Å². The lowest BCUT2D eigenvalue weighted by Gasteiger charge is -2.11. The molecule has 0 aliphatic carbocycles. The van der Waals surface area contributed by atoms with E-state index in [0.29, 0.717) is 12.1 Å². The summed E-state index contributed by atoms with van der Waals surface area (Å²) < 4.78 is 3.61. The summed E-state index contributed by atoms with van der Waals surface area (Å²) in [6.45, 7) is 1.35. The molecule has 3 aromatic heterocycles. The summed E-state index contributed by atoms with van der Waals surface area (Å²) >= 11 is 0. The van der Waals surface area contributed by atoms with Gasteiger partial charge in [0.1, 0.15) is 0 Å². The molecule has 4 aromatic rings. The fraction of sp³-hybridized carbons (Fsp3) is 0.200. The number of aryl methyl sites for hydroxylation is 2. The van der Waals surface area contributed by atoms with E-state index in [1.165, 1.54) is 0 Å². The van der Waals surface area contributed by atoms with Gasteiger partial charge in [-0.3, -0.25) is 14.2 Å². The highest BCUT2D eigenvalue weighted by atomic mass is 16.1. The molecule has 0 fully saturated rings. The number of nitrogens with zero attached hydrogens (tertiary/aromatic N) is 5. The van der Waals surface area contributed by atoms with Crippen LogP contribution in [-0.4, -0.2) is 37.0 Å². The van der Waals surface area contributed by atoms with Crippen molar-refractivity contribution in [1.29, 1.82) is 0 Å². The van der Waals surface area contributed by atoms with Crippen molar-refractivity contribution in [2.45, 2.75) is 13.0 Å². The summed E-state index contributed by atoms with van der Waals surface area (Å²) in [6.07, 6.45) is 6.20. The Balaban J connectivity index is 1.57. The fourth-order valence-corrected chi connectivity index (χ4v) is 3.09. The van der Waals surface area contributed by atoms with Gasteiger partial charge in [-0.05, 0) is 30.7 Å². The molecule has 1 amide bonds. The Hall–Kier alpha value is -3.48. The maximum atomic E-state index is 12.8. The van der Waals surface area contributed by atoms with Crippen molar-refractivity contribution in [3.8, 4) is 11.4 Å². The van der Waals surface area contributed by atoms with Gasteiger partial charge in [-0.25, -0.2) is 4.98 Å². The van der Waals surface area contributed by atoms with E-state index in [1.807, 2.05) is 60.4 Å². The number of pyridine rings is 1. The van der Waals surface area contributed by atoms with Crippen LogP contribution in [0.5, 0.6) is 0 Å².